The van der Waals surface area contributed by atoms with Crippen molar-refractivity contribution in [2.75, 3.05) is 25.9 Å². The van der Waals surface area contributed by atoms with Crippen LogP contribution in [0.15, 0.2) is 24.3 Å². The summed E-state index contributed by atoms with van der Waals surface area (Å²) in [7, 11) is 1.57. The Hall–Kier alpha value is -2.20. The summed E-state index contributed by atoms with van der Waals surface area (Å²) < 4.78 is 0. The highest BCUT2D eigenvalue weighted by Gasteiger charge is 2.16. The number of aliphatic carboxylic acids is 1. The van der Waals surface area contributed by atoms with E-state index < -0.39 is 11.9 Å². The minimum Gasteiger partial charge on any atom is -0.481 e. The van der Waals surface area contributed by atoms with E-state index in [0.29, 0.717) is 23.6 Å². The third kappa shape index (κ3) is 6.61. The van der Waals surface area contributed by atoms with Gasteiger partial charge in [-0.2, -0.15) is 17.0 Å². The Morgan fingerprint density at radius 2 is 2.13 bits per heavy atom. The minimum atomic E-state index is -0.920. The molecule has 2 amide bonds. The van der Waals surface area contributed by atoms with Crippen LogP contribution in [-0.4, -0.2) is 47.9 Å². The van der Waals surface area contributed by atoms with Gasteiger partial charge in [0.25, 0.3) is 0 Å². The van der Waals surface area contributed by atoms with Crippen molar-refractivity contribution in [3.63, 3.8) is 0 Å². The number of carbonyl (C=O) groups is 2. The molecule has 2 N–H and O–H groups in total. The van der Waals surface area contributed by atoms with Gasteiger partial charge in [-0.15, -0.1) is 0 Å². The van der Waals surface area contributed by atoms with Gasteiger partial charge in [-0.1, -0.05) is 25.1 Å². The normalized spacial score (nSPS) is 11.3. The number of urea groups is 1. The minimum absolute atomic E-state index is 0.170. The first-order valence-electron chi connectivity index (χ1n) is 7.23. The molecule has 0 heterocycles. The molecule has 0 saturated carbocycles. The summed E-state index contributed by atoms with van der Waals surface area (Å²) in [6.07, 6.45) is 0. The molecule has 1 rings (SSSR count). The van der Waals surface area contributed by atoms with Crippen LogP contribution in [-0.2, 0) is 10.5 Å². The van der Waals surface area contributed by atoms with Crippen LogP contribution in [0.4, 0.5) is 4.79 Å². The number of hydrogen-bond donors (Lipinski definition) is 2. The molecule has 0 radical (unpaired) electrons. The number of benzene rings is 1. The smallest absolute Gasteiger partial charge is 0.317 e. The topological polar surface area (TPSA) is 93.4 Å². The van der Waals surface area contributed by atoms with E-state index in [1.807, 2.05) is 18.2 Å². The van der Waals surface area contributed by atoms with Crippen molar-refractivity contribution < 1.29 is 14.7 Å². The number of carboxylic acid groups (broad SMARTS) is 1. The molecule has 1 aromatic rings. The molecule has 0 spiro atoms. The first-order chi connectivity index (χ1) is 11.0. The van der Waals surface area contributed by atoms with Crippen molar-refractivity contribution in [2.45, 2.75) is 12.7 Å². The predicted molar refractivity (Wildman–Crippen MR) is 90.1 cm³/mol. The average Bonchev–Trinajstić information content (AvgIpc) is 2.54. The lowest BCUT2D eigenvalue weighted by atomic mass is 10.1. The Bertz CT molecular complexity index is 586. The fourth-order valence-corrected chi connectivity index (χ4v) is 2.74. The van der Waals surface area contributed by atoms with Gasteiger partial charge >= 0.3 is 12.0 Å². The largest absolute Gasteiger partial charge is 0.481 e. The maximum atomic E-state index is 11.8. The molecule has 124 valence electrons. The lowest BCUT2D eigenvalue weighted by Gasteiger charge is -2.19. The summed E-state index contributed by atoms with van der Waals surface area (Å²) in [5.41, 5.74) is 1.66. The van der Waals surface area contributed by atoms with Gasteiger partial charge in [0.15, 0.2) is 0 Å². The van der Waals surface area contributed by atoms with Gasteiger partial charge < -0.3 is 15.3 Å². The monoisotopic (exact) mass is 335 g/mol. The molecule has 7 heteroatoms. The number of carboxylic acids is 1. The van der Waals surface area contributed by atoms with Gasteiger partial charge in [0.1, 0.15) is 0 Å². The molecular weight excluding hydrogens is 314 g/mol. The van der Waals surface area contributed by atoms with E-state index in [4.69, 9.17) is 10.4 Å². The number of hydrogen-bond acceptors (Lipinski definition) is 4. The molecule has 1 atom stereocenters. The van der Waals surface area contributed by atoms with Crippen LogP contribution in [0.2, 0.25) is 0 Å². The molecule has 0 aliphatic heterocycles. The van der Waals surface area contributed by atoms with E-state index in [-0.39, 0.29) is 12.6 Å². The number of nitrogens with one attached hydrogen (secondary N) is 1. The lowest BCUT2D eigenvalue weighted by molar-refractivity contribution is -0.141. The SMILES string of the molecule is CC(CN(C)C(=O)NCCSCc1ccccc1C#N)C(=O)O. The van der Waals surface area contributed by atoms with E-state index in [9.17, 15) is 9.59 Å². The van der Waals surface area contributed by atoms with Gasteiger partial charge in [-0.05, 0) is 11.6 Å². The number of thioether (sulfide) groups is 1. The van der Waals surface area contributed by atoms with Gasteiger partial charge in [0.05, 0.1) is 17.6 Å². The van der Waals surface area contributed by atoms with Gasteiger partial charge in [0.2, 0.25) is 0 Å². The van der Waals surface area contributed by atoms with Crippen molar-refractivity contribution in [3.8, 4) is 6.07 Å². The third-order valence-corrected chi connectivity index (χ3v) is 4.24. The van der Waals surface area contributed by atoms with Crippen molar-refractivity contribution in [2.24, 2.45) is 5.92 Å². The highest BCUT2D eigenvalue weighted by Crippen LogP contribution is 2.15. The predicted octanol–water partition coefficient (Wildman–Crippen LogP) is 2.15. The maximum absolute atomic E-state index is 11.8. The van der Waals surface area contributed by atoms with E-state index in [1.54, 1.807) is 31.8 Å². The zero-order chi connectivity index (χ0) is 17.2. The Labute approximate surface area is 140 Å². The first kappa shape index (κ1) is 18.8. The Morgan fingerprint density at radius 1 is 1.43 bits per heavy atom. The zero-order valence-corrected chi connectivity index (χ0v) is 14.1. The standard InChI is InChI=1S/C16H21N3O3S/c1-12(15(20)21)10-19(2)16(22)18-7-8-23-11-14-6-4-3-5-13(14)9-17/h3-6,12H,7-8,10-11H2,1-2H3,(H,18,22)(H,20,21). The molecule has 0 aliphatic carbocycles. The second kappa shape index (κ2) is 9.74. The quantitative estimate of drug-likeness (QED) is 0.710. The molecule has 0 aromatic heterocycles. The fraction of sp³-hybridized carbons (Fsp3) is 0.438. The molecule has 6 nitrogen and oxygen atoms in total. The highest BCUT2D eigenvalue weighted by atomic mass is 32.2. The highest BCUT2D eigenvalue weighted by molar-refractivity contribution is 7.98. The molecule has 1 unspecified atom stereocenters. The van der Waals surface area contributed by atoms with Crippen LogP contribution in [0.3, 0.4) is 0 Å². The number of rotatable bonds is 8. The van der Waals surface area contributed by atoms with Crippen molar-refractivity contribution in [3.05, 3.63) is 35.4 Å². The van der Waals surface area contributed by atoms with Crippen LogP contribution in [0.1, 0.15) is 18.1 Å². The van der Waals surface area contributed by atoms with E-state index in [2.05, 4.69) is 11.4 Å². The summed E-state index contributed by atoms with van der Waals surface area (Å²) in [6.45, 7) is 2.22. The lowest BCUT2D eigenvalue weighted by Crippen LogP contribution is -2.41. The summed E-state index contributed by atoms with van der Waals surface area (Å²) in [6, 6.07) is 9.32. The van der Waals surface area contributed by atoms with Gasteiger partial charge in [0, 0.05) is 31.6 Å². The second-order valence-electron chi connectivity index (χ2n) is 5.17. The molecule has 0 bridgehead atoms. The van der Waals surface area contributed by atoms with Crippen LogP contribution >= 0.6 is 11.8 Å². The van der Waals surface area contributed by atoms with E-state index in [0.717, 1.165) is 5.56 Å². The van der Waals surface area contributed by atoms with Crippen molar-refractivity contribution >= 4 is 23.8 Å². The maximum Gasteiger partial charge on any atom is 0.317 e. The molecular formula is C16H21N3O3S. The number of carbonyl (C=O) groups excluding carboxylic acids is 1. The molecule has 1 aromatic carbocycles. The van der Waals surface area contributed by atoms with Crippen LogP contribution < -0.4 is 5.32 Å². The summed E-state index contributed by atoms with van der Waals surface area (Å²) in [5, 5.41) is 20.6. The number of nitriles is 1. The second-order valence-corrected chi connectivity index (χ2v) is 6.28. The first-order valence-corrected chi connectivity index (χ1v) is 8.38. The molecule has 0 saturated heterocycles. The molecule has 0 fully saturated rings. The van der Waals surface area contributed by atoms with Crippen LogP contribution in [0, 0.1) is 17.2 Å². The van der Waals surface area contributed by atoms with E-state index >= 15 is 0 Å². The Morgan fingerprint density at radius 3 is 2.78 bits per heavy atom. The van der Waals surface area contributed by atoms with Gasteiger partial charge in [-0.25, -0.2) is 4.79 Å². The zero-order valence-electron chi connectivity index (χ0n) is 13.3. The number of nitrogens with zero attached hydrogens (tertiary/aromatic N) is 2. The Balaban J connectivity index is 2.25. The Kier molecular flexibility index (Phi) is 7.98. The van der Waals surface area contributed by atoms with Crippen LogP contribution in [0.25, 0.3) is 0 Å². The summed E-state index contributed by atoms with van der Waals surface area (Å²) >= 11 is 1.63. The fourth-order valence-electron chi connectivity index (χ4n) is 1.87. The summed E-state index contributed by atoms with van der Waals surface area (Å²) in [4.78, 5) is 23.9. The van der Waals surface area contributed by atoms with Crippen LogP contribution in [0.5, 0.6) is 0 Å². The van der Waals surface area contributed by atoms with Crippen molar-refractivity contribution in [1.82, 2.24) is 10.2 Å². The summed E-state index contributed by atoms with van der Waals surface area (Å²) in [5.74, 6) is -0.0850. The molecule has 0 aliphatic rings. The van der Waals surface area contributed by atoms with Crippen molar-refractivity contribution in [1.29, 1.82) is 5.26 Å². The third-order valence-electron chi connectivity index (χ3n) is 3.23. The van der Waals surface area contributed by atoms with E-state index in [1.165, 1.54) is 4.90 Å². The van der Waals surface area contributed by atoms with Gasteiger partial charge in [-0.3, -0.25) is 4.79 Å². The average molecular weight is 335 g/mol. The number of amides is 2. The molecule has 23 heavy (non-hydrogen) atoms.